The number of carbonyl (C=O) groups excluding carboxylic acids is 1. The summed E-state index contributed by atoms with van der Waals surface area (Å²) in [5, 5.41) is 3.06. The van der Waals surface area contributed by atoms with Crippen molar-refractivity contribution in [2.24, 2.45) is 0 Å². The van der Waals surface area contributed by atoms with Gasteiger partial charge in [-0.15, -0.1) is 24.8 Å². The van der Waals surface area contributed by atoms with Gasteiger partial charge in [0.1, 0.15) is 0 Å². The Bertz CT molecular complexity index is 749. The van der Waals surface area contributed by atoms with E-state index in [4.69, 9.17) is 5.73 Å². The van der Waals surface area contributed by atoms with E-state index in [2.05, 4.69) is 34.2 Å². The molecule has 0 aromatic heterocycles. The van der Waals surface area contributed by atoms with Crippen LogP contribution in [-0.2, 0) is 17.8 Å². The molecule has 2 aromatic rings. The topological polar surface area (TPSA) is 61.6 Å². The van der Waals surface area contributed by atoms with Crippen molar-refractivity contribution in [1.29, 1.82) is 0 Å². The lowest BCUT2D eigenvalue weighted by molar-refractivity contribution is -0.117. The highest BCUT2D eigenvalue weighted by Crippen LogP contribution is 2.16. The maximum atomic E-state index is 12.4. The predicted octanol–water partition coefficient (Wildman–Crippen LogP) is 3.43. The Morgan fingerprint density at radius 3 is 2.36 bits per heavy atom. The minimum Gasteiger partial charge on any atom is -0.399 e. The molecule has 1 heterocycles. The van der Waals surface area contributed by atoms with E-state index in [9.17, 15) is 4.79 Å². The molecule has 0 unspecified atom stereocenters. The Morgan fingerprint density at radius 2 is 1.68 bits per heavy atom. The number of nitrogens with zero attached hydrogens (tertiary/aromatic N) is 2. The fourth-order valence-corrected chi connectivity index (χ4v) is 3.40. The van der Waals surface area contributed by atoms with Crippen molar-refractivity contribution >= 4 is 42.1 Å². The summed E-state index contributed by atoms with van der Waals surface area (Å²) in [5.41, 5.74) is 10.0. The summed E-state index contributed by atoms with van der Waals surface area (Å²) in [7, 11) is 0. The summed E-state index contributed by atoms with van der Waals surface area (Å²) in [6.45, 7) is 7.21. The SMILES string of the molecule is CCc1ccccc1NC(=O)CN1CCN(Cc2cccc(N)c2)CC1.Cl.Cl. The molecule has 0 radical (unpaired) electrons. The standard InChI is InChI=1S/C21H28N4O.2ClH/c1-2-18-7-3-4-9-20(18)23-21(26)16-25-12-10-24(11-13-25)15-17-6-5-8-19(22)14-17;;/h3-9,14H,2,10-13,15-16,22H2,1H3,(H,23,26);2*1H. The highest BCUT2D eigenvalue weighted by Gasteiger charge is 2.19. The monoisotopic (exact) mass is 424 g/mol. The second-order valence-corrected chi connectivity index (χ2v) is 6.86. The average Bonchev–Trinajstić information content (AvgIpc) is 2.64. The summed E-state index contributed by atoms with van der Waals surface area (Å²) in [6, 6.07) is 16.1. The van der Waals surface area contributed by atoms with Gasteiger partial charge in [0.25, 0.3) is 0 Å². The van der Waals surface area contributed by atoms with Crippen molar-refractivity contribution in [2.45, 2.75) is 19.9 Å². The molecule has 0 saturated carbocycles. The van der Waals surface area contributed by atoms with E-state index in [1.165, 1.54) is 11.1 Å². The zero-order valence-electron chi connectivity index (χ0n) is 16.3. The molecule has 1 amide bonds. The predicted molar refractivity (Wildman–Crippen MR) is 122 cm³/mol. The van der Waals surface area contributed by atoms with Gasteiger partial charge in [0, 0.05) is 44.1 Å². The number of hydrogen-bond donors (Lipinski definition) is 2. The van der Waals surface area contributed by atoms with Gasteiger partial charge in [-0.3, -0.25) is 14.6 Å². The zero-order chi connectivity index (χ0) is 18.4. The third-order valence-corrected chi connectivity index (χ3v) is 4.86. The number of nitrogen functional groups attached to an aromatic ring is 1. The molecule has 0 spiro atoms. The molecule has 0 atom stereocenters. The molecule has 1 saturated heterocycles. The second kappa shape index (κ2) is 11.9. The van der Waals surface area contributed by atoms with E-state index < -0.39 is 0 Å². The molecule has 3 N–H and O–H groups in total. The number of rotatable bonds is 6. The van der Waals surface area contributed by atoms with E-state index in [0.717, 1.165) is 50.5 Å². The molecule has 2 aromatic carbocycles. The summed E-state index contributed by atoms with van der Waals surface area (Å²) in [4.78, 5) is 17.0. The molecule has 3 rings (SSSR count). The first-order valence-electron chi connectivity index (χ1n) is 9.31. The third kappa shape index (κ3) is 6.99. The Balaban J connectivity index is 0.00000196. The molecule has 1 aliphatic rings. The fourth-order valence-electron chi connectivity index (χ4n) is 3.40. The largest absolute Gasteiger partial charge is 0.399 e. The summed E-state index contributed by atoms with van der Waals surface area (Å²) >= 11 is 0. The Labute approximate surface area is 180 Å². The minimum absolute atomic E-state index is 0. The molecule has 1 aliphatic heterocycles. The molecule has 5 nitrogen and oxygen atoms in total. The number of hydrogen-bond acceptors (Lipinski definition) is 4. The number of halogens is 2. The molecule has 0 aliphatic carbocycles. The number of aryl methyl sites for hydroxylation is 1. The van der Waals surface area contributed by atoms with Gasteiger partial charge < -0.3 is 11.1 Å². The van der Waals surface area contributed by atoms with Gasteiger partial charge in [-0.2, -0.15) is 0 Å². The van der Waals surface area contributed by atoms with Crippen molar-refractivity contribution in [3.8, 4) is 0 Å². The third-order valence-electron chi connectivity index (χ3n) is 4.86. The van der Waals surface area contributed by atoms with E-state index in [1.54, 1.807) is 0 Å². The van der Waals surface area contributed by atoms with Crippen molar-refractivity contribution in [3.05, 3.63) is 59.7 Å². The van der Waals surface area contributed by atoms with Crippen molar-refractivity contribution in [2.75, 3.05) is 43.8 Å². The molecule has 28 heavy (non-hydrogen) atoms. The van der Waals surface area contributed by atoms with E-state index in [-0.39, 0.29) is 30.7 Å². The number of benzene rings is 2. The molecule has 0 bridgehead atoms. The van der Waals surface area contributed by atoms with Crippen LogP contribution in [0.2, 0.25) is 0 Å². The highest BCUT2D eigenvalue weighted by molar-refractivity contribution is 5.93. The number of nitrogens with one attached hydrogen (secondary N) is 1. The molecule has 1 fully saturated rings. The lowest BCUT2D eigenvalue weighted by Crippen LogP contribution is -2.48. The second-order valence-electron chi connectivity index (χ2n) is 6.86. The number of anilines is 2. The van der Waals surface area contributed by atoms with Crippen LogP contribution in [0.15, 0.2) is 48.5 Å². The Hall–Kier alpha value is -1.79. The number of piperazine rings is 1. The number of carbonyl (C=O) groups is 1. The van der Waals surface area contributed by atoms with Gasteiger partial charge in [0.2, 0.25) is 5.91 Å². The van der Waals surface area contributed by atoms with Gasteiger partial charge >= 0.3 is 0 Å². The number of amides is 1. The number of nitrogens with two attached hydrogens (primary N) is 1. The summed E-state index contributed by atoms with van der Waals surface area (Å²) < 4.78 is 0. The van der Waals surface area contributed by atoms with Gasteiger partial charge in [0.05, 0.1) is 6.54 Å². The van der Waals surface area contributed by atoms with Crippen molar-refractivity contribution in [3.63, 3.8) is 0 Å². The van der Waals surface area contributed by atoms with Crippen LogP contribution in [0.25, 0.3) is 0 Å². The van der Waals surface area contributed by atoms with E-state index >= 15 is 0 Å². The van der Waals surface area contributed by atoms with Gasteiger partial charge in [-0.1, -0.05) is 37.3 Å². The lowest BCUT2D eigenvalue weighted by Gasteiger charge is -2.34. The minimum atomic E-state index is 0. The fraction of sp³-hybridized carbons (Fsp3) is 0.381. The highest BCUT2D eigenvalue weighted by atomic mass is 35.5. The maximum absolute atomic E-state index is 12.4. The van der Waals surface area contributed by atoms with Crippen molar-refractivity contribution in [1.82, 2.24) is 9.80 Å². The van der Waals surface area contributed by atoms with Gasteiger partial charge in [-0.05, 0) is 35.7 Å². The molecule has 154 valence electrons. The van der Waals surface area contributed by atoms with Crippen LogP contribution < -0.4 is 11.1 Å². The number of para-hydroxylation sites is 1. The molecule has 7 heteroatoms. The summed E-state index contributed by atoms with van der Waals surface area (Å²) in [6.07, 6.45) is 0.916. The lowest BCUT2D eigenvalue weighted by atomic mass is 10.1. The molecular weight excluding hydrogens is 395 g/mol. The van der Waals surface area contributed by atoms with Crippen LogP contribution in [0, 0.1) is 0 Å². The van der Waals surface area contributed by atoms with Crippen LogP contribution in [0.5, 0.6) is 0 Å². The first-order valence-corrected chi connectivity index (χ1v) is 9.31. The zero-order valence-corrected chi connectivity index (χ0v) is 17.9. The van der Waals surface area contributed by atoms with E-state index in [1.807, 2.05) is 36.4 Å². The average molecular weight is 425 g/mol. The Morgan fingerprint density at radius 1 is 1.00 bits per heavy atom. The van der Waals surface area contributed by atoms with Gasteiger partial charge in [-0.25, -0.2) is 0 Å². The smallest absolute Gasteiger partial charge is 0.238 e. The molecular formula is C21H30Cl2N4O. The first-order chi connectivity index (χ1) is 12.6. The summed E-state index contributed by atoms with van der Waals surface area (Å²) in [5.74, 6) is 0.0650. The van der Waals surface area contributed by atoms with Crippen LogP contribution >= 0.6 is 24.8 Å². The van der Waals surface area contributed by atoms with Crippen LogP contribution in [0.1, 0.15) is 18.1 Å². The maximum Gasteiger partial charge on any atom is 0.238 e. The normalized spacial score (nSPS) is 14.6. The Kier molecular flexibility index (Phi) is 10.3. The van der Waals surface area contributed by atoms with Gasteiger partial charge in [0.15, 0.2) is 0 Å². The first kappa shape index (κ1) is 24.2. The van der Waals surface area contributed by atoms with Crippen LogP contribution in [0.4, 0.5) is 11.4 Å². The quantitative estimate of drug-likeness (QED) is 0.697. The van der Waals surface area contributed by atoms with Crippen LogP contribution in [0.3, 0.4) is 0 Å². The van der Waals surface area contributed by atoms with Crippen LogP contribution in [-0.4, -0.2) is 48.4 Å². The van der Waals surface area contributed by atoms with E-state index in [0.29, 0.717) is 6.54 Å². The van der Waals surface area contributed by atoms with Crippen molar-refractivity contribution < 1.29 is 4.79 Å².